The van der Waals surface area contributed by atoms with Gasteiger partial charge in [-0.25, -0.2) is 0 Å². The number of phenols is 10. The van der Waals surface area contributed by atoms with Gasteiger partial charge in [-0.3, -0.25) is 0 Å². The number of hydrogen-bond acceptors (Lipinski definition) is 23. The topological polar surface area (TPSA) is 322 Å². The third-order valence-electron chi connectivity index (χ3n) is 19.9. The molecule has 0 radical (unpaired) electrons. The van der Waals surface area contributed by atoms with Crippen LogP contribution in [0.1, 0.15) is 83.5 Å². The molecule has 0 aromatic heterocycles. The highest BCUT2D eigenvalue weighted by atomic mass is 16.5. The van der Waals surface area contributed by atoms with Crippen molar-refractivity contribution in [3.8, 4) is 132 Å². The molecule has 0 saturated carbocycles. The van der Waals surface area contributed by atoms with Crippen LogP contribution in [0, 0.1) is 20.8 Å². The first-order chi connectivity index (χ1) is 59.1. The first-order valence-corrected chi connectivity index (χ1v) is 39.6. The largest absolute Gasteiger partial charge is 0.508 e. The van der Waals surface area contributed by atoms with Gasteiger partial charge in [0.15, 0.2) is 46.0 Å². The van der Waals surface area contributed by atoms with E-state index in [0.29, 0.717) is 76.8 Å². The molecule has 12 aromatic rings. The van der Waals surface area contributed by atoms with Gasteiger partial charge in [0.1, 0.15) is 63.2 Å². The van der Waals surface area contributed by atoms with Gasteiger partial charge in [-0.2, -0.15) is 0 Å². The molecule has 10 N–H and O–H groups in total. The van der Waals surface area contributed by atoms with Crippen molar-refractivity contribution in [1.82, 2.24) is 0 Å². The van der Waals surface area contributed by atoms with Gasteiger partial charge in [0.05, 0.1) is 92.4 Å². The fraction of sp³-hybridized carbons (Fsp3) is 0.280. The first-order valence-electron chi connectivity index (χ1n) is 39.6. The molecular formula is C100H116O23. The molecule has 0 heterocycles. The van der Waals surface area contributed by atoms with Crippen LogP contribution in [-0.2, 0) is 77.0 Å². The minimum absolute atomic E-state index is 0.00669. The van der Waals surface area contributed by atoms with Gasteiger partial charge in [0.25, 0.3) is 0 Å². The maximum Gasteiger partial charge on any atom is 0.203 e. The summed E-state index contributed by atoms with van der Waals surface area (Å²) in [5.74, 6) is 8.99. The van der Waals surface area contributed by atoms with Crippen LogP contribution < -0.4 is 61.6 Å². The second kappa shape index (κ2) is 48.9. The molecule has 12 rings (SSSR count). The molecule has 0 saturated heterocycles. The van der Waals surface area contributed by atoms with E-state index in [1.807, 2.05) is 81.4 Å². The van der Waals surface area contributed by atoms with Gasteiger partial charge in [0, 0.05) is 18.2 Å². The highest BCUT2D eigenvalue weighted by Gasteiger charge is 2.18. The summed E-state index contributed by atoms with van der Waals surface area (Å²) in [5, 5.41) is 95.7. The van der Waals surface area contributed by atoms with Crippen LogP contribution in [0.15, 0.2) is 206 Å². The molecule has 0 aliphatic rings. The lowest BCUT2D eigenvalue weighted by Gasteiger charge is -2.14. The van der Waals surface area contributed by atoms with E-state index in [0.717, 1.165) is 142 Å². The Labute approximate surface area is 721 Å². The normalized spacial score (nSPS) is 10.3. The van der Waals surface area contributed by atoms with Crippen LogP contribution in [0.2, 0.25) is 0 Å². The Morgan fingerprint density at radius 2 is 0.407 bits per heavy atom. The third-order valence-corrected chi connectivity index (χ3v) is 19.9. The van der Waals surface area contributed by atoms with E-state index >= 15 is 0 Å². The third kappa shape index (κ3) is 30.1. The van der Waals surface area contributed by atoms with Gasteiger partial charge < -0.3 is 113 Å². The Morgan fingerprint density at radius 3 is 0.683 bits per heavy atom. The van der Waals surface area contributed by atoms with Crippen molar-refractivity contribution in [2.45, 2.75) is 97.8 Å². The predicted octanol–water partition coefficient (Wildman–Crippen LogP) is 18.9. The number of ether oxygens (including phenoxy) is 13. The summed E-state index contributed by atoms with van der Waals surface area (Å²) in [4.78, 5) is 0. The van der Waals surface area contributed by atoms with Crippen molar-refractivity contribution in [3.63, 3.8) is 0 Å². The molecule has 123 heavy (non-hydrogen) atoms. The van der Waals surface area contributed by atoms with Crippen molar-refractivity contribution in [1.29, 1.82) is 0 Å². The minimum atomic E-state index is -0.00669. The molecule has 0 unspecified atom stereocenters. The number of aromatic hydroxyl groups is 10. The molecule has 23 heteroatoms. The standard InChI is InChI=1S/C19H24O4.C18H22O4.C17H20O5.C16H18O4.C16H18O3.C14H14O3/c1-13-6-7-14(10-16(13)20-2)8-9-15-11-17(21-3)19(23-5)18(12-15)22-4;1-12-5-6-13(10-16(12)20-2)7-8-14-9-15(19)18(22-4)17(11-14)21-3;1-20-14-7-11(6-13(18)10-14)4-5-12-8-15(21-2)17(19)16(9-12)22-3;1-19-15-10-12(9-14(18)16(15)20-2)7-6-11-4-3-5-13(17)8-11;1-11-3-4-12(9-16(11)19-2)5-6-13-7-14(17)10-15(18)8-13;15-12-3-1-2-10(6-12)4-5-11-7-13(16)9-14(17)8-11/h6-7,10-12H,8-9H2,1-5H3;5-6,9-11,19H,7-8H2,1-4H3;6-10,18-19H,4-5H2,1-3H3;3-5,8-10,17-18H,6-7H2,1-2H3;3-4,7-10,17-18H,5-6H2,1-2H3;1-3,6-9,15-17H,4-5H2. The molecule has 12 aromatic carbocycles. The van der Waals surface area contributed by atoms with Gasteiger partial charge in [-0.05, 0) is 309 Å². The summed E-state index contributed by atoms with van der Waals surface area (Å²) >= 11 is 0. The lowest BCUT2D eigenvalue weighted by atomic mass is 10.0. The zero-order chi connectivity index (χ0) is 89.7. The zero-order valence-corrected chi connectivity index (χ0v) is 72.9. The summed E-state index contributed by atoms with van der Waals surface area (Å²) < 4.78 is 68.3. The Kier molecular flexibility index (Phi) is 38.3. The minimum Gasteiger partial charge on any atom is -0.508 e. The smallest absolute Gasteiger partial charge is 0.203 e. The molecule has 0 amide bonds. The van der Waals surface area contributed by atoms with Crippen molar-refractivity contribution in [3.05, 3.63) is 290 Å². The van der Waals surface area contributed by atoms with Gasteiger partial charge >= 0.3 is 0 Å². The number of methoxy groups -OCH3 is 13. The van der Waals surface area contributed by atoms with Crippen molar-refractivity contribution in [2.75, 3.05) is 92.4 Å². The van der Waals surface area contributed by atoms with Gasteiger partial charge in [-0.15, -0.1) is 0 Å². The summed E-state index contributed by atoms with van der Waals surface area (Å²) in [6.07, 6.45) is 9.39. The molecule has 0 aliphatic carbocycles. The molecule has 654 valence electrons. The Morgan fingerprint density at radius 1 is 0.179 bits per heavy atom. The van der Waals surface area contributed by atoms with E-state index in [2.05, 4.69) is 42.5 Å². The van der Waals surface area contributed by atoms with Gasteiger partial charge in [0.2, 0.25) is 23.0 Å². The van der Waals surface area contributed by atoms with Crippen LogP contribution in [0.4, 0.5) is 0 Å². The van der Waals surface area contributed by atoms with E-state index in [4.69, 9.17) is 61.6 Å². The average molecular weight is 1690 g/mol. The van der Waals surface area contributed by atoms with Crippen LogP contribution >= 0.6 is 0 Å². The molecule has 23 nitrogen and oxygen atoms in total. The molecule has 0 spiro atoms. The fourth-order valence-corrected chi connectivity index (χ4v) is 13.4. The number of phenolic OH excluding ortho intramolecular Hbond substituents is 10. The van der Waals surface area contributed by atoms with Crippen molar-refractivity contribution >= 4 is 0 Å². The summed E-state index contributed by atoms with van der Waals surface area (Å²) in [5.41, 5.74) is 15.8. The van der Waals surface area contributed by atoms with E-state index in [9.17, 15) is 51.1 Å². The predicted molar refractivity (Wildman–Crippen MR) is 478 cm³/mol. The van der Waals surface area contributed by atoms with Crippen LogP contribution in [0.3, 0.4) is 0 Å². The highest BCUT2D eigenvalue weighted by Crippen LogP contribution is 2.42. The molecule has 0 fully saturated rings. The number of benzene rings is 12. The summed E-state index contributed by atoms with van der Waals surface area (Å²) in [6, 6.07) is 61.9. The van der Waals surface area contributed by atoms with Crippen molar-refractivity contribution in [2.24, 2.45) is 0 Å². The Bertz CT molecular complexity index is 5260. The van der Waals surface area contributed by atoms with Crippen LogP contribution in [0.5, 0.6) is 132 Å². The van der Waals surface area contributed by atoms with Crippen molar-refractivity contribution < 1.29 is 113 Å². The van der Waals surface area contributed by atoms with E-state index in [-0.39, 0.29) is 57.5 Å². The lowest BCUT2D eigenvalue weighted by Crippen LogP contribution is -1.99. The summed E-state index contributed by atoms with van der Waals surface area (Å²) in [7, 11) is 20.6. The van der Waals surface area contributed by atoms with E-state index in [1.54, 1.807) is 148 Å². The average Bonchev–Trinajstić information content (AvgIpc) is 0.839. The zero-order valence-electron chi connectivity index (χ0n) is 72.9. The second-order valence-electron chi connectivity index (χ2n) is 28.6. The summed E-state index contributed by atoms with van der Waals surface area (Å²) in [6.45, 7) is 6.08. The van der Waals surface area contributed by atoms with Crippen LogP contribution in [0.25, 0.3) is 0 Å². The Balaban J connectivity index is 0.000000203. The van der Waals surface area contributed by atoms with Crippen LogP contribution in [-0.4, -0.2) is 143 Å². The number of aryl methyl sites for hydroxylation is 15. The maximum absolute atomic E-state index is 9.99. The first kappa shape index (κ1) is 96.2. The monoisotopic (exact) mass is 1680 g/mol. The molecule has 0 aliphatic heterocycles. The van der Waals surface area contributed by atoms with Gasteiger partial charge in [-0.1, -0.05) is 60.7 Å². The quantitative estimate of drug-likeness (QED) is 0.0193. The molecular weight excluding hydrogens is 1570 g/mol. The number of rotatable bonds is 31. The second-order valence-corrected chi connectivity index (χ2v) is 28.6. The van der Waals surface area contributed by atoms with E-state index in [1.165, 1.54) is 64.4 Å². The SMILES string of the molecule is COc1cc(CCc2cc(O)c(OC)c(OC)c2)ccc1C.COc1cc(CCc2cc(O)cc(O)c2)ccc1C.COc1cc(CCc2cc(OC)c(OC)c(OC)c2)ccc1C.COc1cc(CCc2cccc(O)c2)cc(O)c1OC.COc1cc(O)cc(CCc2cc(OC)c(O)c(OC)c2)c1.Oc1cccc(CCc2cc(O)cc(O)c2)c1. The Hall–Kier alpha value is -14.0. The van der Waals surface area contributed by atoms with E-state index < -0.39 is 0 Å². The fourth-order valence-electron chi connectivity index (χ4n) is 13.4. The lowest BCUT2D eigenvalue weighted by molar-refractivity contribution is 0.324. The molecule has 0 bridgehead atoms. The number of hydrogen-bond donors (Lipinski definition) is 10. The molecule has 0 atom stereocenters. The maximum atomic E-state index is 9.99. The highest BCUT2D eigenvalue weighted by molar-refractivity contribution is 5.57.